The van der Waals surface area contributed by atoms with Crippen molar-refractivity contribution in [3.8, 4) is 11.4 Å². The Morgan fingerprint density at radius 1 is 1.23 bits per heavy atom. The molecule has 1 aliphatic carbocycles. The fourth-order valence-corrected chi connectivity index (χ4v) is 3.37. The minimum Gasteiger partial charge on any atom is -0.346 e. The van der Waals surface area contributed by atoms with Crippen LogP contribution in [0.2, 0.25) is 0 Å². The molecule has 9 heteroatoms. The van der Waals surface area contributed by atoms with Crippen LogP contribution in [0.4, 0.5) is 16.0 Å². The Labute approximate surface area is 171 Å². The first-order chi connectivity index (χ1) is 14.5. The third-order valence-corrected chi connectivity index (χ3v) is 5.34. The van der Waals surface area contributed by atoms with Crippen LogP contribution >= 0.6 is 0 Å². The van der Waals surface area contributed by atoms with E-state index in [9.17, 15) is 9.18 Å². The van der Waals surface area contributed by atoms with Crippen LogP contribution in [-0.4, -0.2) is 43.1 Å². The number of halogens is 1. The van der Waals surface area contributed by atoms with Gasteiger partial charge in [0.1, 0.15) is 6.17 Å². The smallest absolute Gasteiger partial charge is 0.251 e. The molecule has 4 aromatic rings. The Balaban J connectivity index is 1.35. The van der Waals surface area contributed by atoms with Crippen molar-refractivity contribution in [3.63, 3.8) is 0 Å². The Bertz CT molecular complexity index is 1240. The summed E-state index contributed by atoms with van der Waals surface area (Å²) in [6.07, 6.45) is 1.27. The number of alkyl halides is 1. The number of aryl methyl sites for hydroxylation is 2. The number of aromatic nitrogens is 5. The van der Waals surface area contributed by atoms with Gasteiger partial charge < -0.3 is 10.6 Å². The molecule has 0 spiro atoms. The zero-order valence-corrected chi connectivity index (χ0v) is 16.5. The molecule has 0 bridgehead atoms. The lowest BCUT2D eigenvalue weighted by Gasteiger charge is -2.08. The first-order valence-corrected chi connectivity index (χ1v) is 9.66. The number of carbonyl (C=O) groups is 1. The molecule has 1 aliphatic rings. The summed E-state index contributed by atoms with van der Waals surface area (Å²) >= 11 is 0. The second-order valence-corrected chi connectivity index (χ2v) is 7.49. The number of aromatic amines is 1. The molecule has 3 N–H and O–H groups in total. The van der Waals surface area contributed by atoms with Gasteiger partial charge in [0.2, 0.25) is 5.95 Å². The molecule has 2 aromatic heterocycles. The average molecular weight is 405 g/mol. The molecule has 5 rings (SSSR count). The highest BCUT2D eigenvalue weighted by Crippen LogP contribution is 2.28. The zero-order valence-electron chi connectivity index (χ0n) is 16.5. The van der Waals surface area contributed by atoms with Crippen molar-refractivity contribution in [3.05, 3.63) is 53.7 Å². The van der Waals surface area contributed by atoms with Crippen molar-refractivity contribution in [1.82, 2.24) is 30.3 Å². The zero-order chi connectivity index (χ0) is 20.8. The number of nitrogens with one attached hydrogen (secondary N) is 3. The largest absolute Gasteiger partial charge is 0.346 e. The molecule has 1 amide bonds. The van der Waals surface area contributed by atoms with Crippen LogP contribution in [-0.2, 0) is 7.05 Å². The number of nitrogens with zero attached hydrogens (tertiary/aromatic N) is 4. The lowest BCUT2D eigenvalue weighted by atomic mass is 10.1. The Hall–Kier alpha value is -3.75. The highest BCUT2D eigenvalue weighted by Gasteiger charge is 2.38. The predicted molar refractivity (Wildman–Crippen MR) is 111 cm³/mol. The standard InChI is InChI=1S/C21H20FN7O/c1-11-14-10-23-27-17(14)8-7-16(11)25-21-26-19(28-29(21)2)12-3-5-13(6-4-12)20(30)24-18-9-15(18)22/h3-8,10,15,18H,9H2,1-2H3,(H,23,27)(H,24,30)(H,25,26,28)/t15-,18-/m0/s1. The van der Waals surface area contributed by atoms with E-state index in [2.05, 4.69) is 30.9 Å². The van der Waals surface area contributed by atoms with Crippen LogP contribution in [0, 0.1) is 6.92 Å². The topological polar surface area (TPSA) is 101 Å². The Morgan fingerprint density at radius 3 is 2.73 bits per heavy atom. The van der Waals surface area contributed by atoms with Gasteiger partial charge in [-0.25, -0.2) is 9.07 Å². The summed E-state index contributed by atoms with van der Waals surface area (Å²) in [5.74, 6) is 0.869. The molecule has 2 aromatic carbocycles. The highest BCUT2D eigenvalue weighted by atomic mass is 19.1. The van der Waals surface area contributed by atoms with Gasteiger partial charge in [0.15, 0.2) is 5.82 Å². The predicted octanol–water partition coefficient (Wildman–Crippen LogP) is 3.25. The molecular formula is C21H20FN7O. The minimum absolute atomic E-state index is 0.270. The van der Waals surface area contributed by atoms with E-state index >= 15 is 0 Å². The van der Waals surface area contributed by atoms with Crippen LogP contribution in [0.1, 0.15) is 22.3 Å². The first kappa shape index (κ1) is 18.3. The van der Waals surface area contributed by atoms with Gasteiger partial charge in [-0.3, -0.25) is 9.89 Å². The van der Waals surface area contributed by atoms with Gasteiger partial charge in [-0.15, -0.1) is 5.10 Å². The Morgan fingerprint density at radius 2 is 2.00 bits per heavy atom. The third-order valence-electron chi connectivity index (χ3n) is 5.34. The summed E-state index contributed by atoms with van der Waals surface area (Å²) in [5.41, 5.74) is 4.23. The van der Waals surface area contributed by atoms with Crippen LogP contribution in [0.3, 0.4) is 0 Å². The molecule has 152 valence electrons. The van der Waals surface area contributed by atoms with Crippen LogP contribution < -0.4 is 10.6 Å². The monoisotopic (exact) mass is 405 g/mol. The van der Waals surface area contributed by atoms with Gasteiger partial charge in [0.25, 0.3) is 5.91 Å². The number of benzene rings is 2. The SMILES string of the molecule is Cc1c(Nc2nc(-c3ccc(C(=O)N[C@H]4C[C@@H]4F)cc3)nn2C)ccc2[nH]ncc12. The van der Waals surface area contributed by atoms with E-state index < -0.39 is 6.17 Å². The van der Waals surface area contributed by atoms with E-state index in [1.807, 2.05) is 26.1 Å². The van der Waals surface area contributed by atoms with Crippen molar-refractivity contribution in [2.75, 3.05) is 5.32 Å². The van der Waals surface area contributed by atoms with Gasteiger partial charge in [0, 0.05) is 35.7 Å². The van der Waals surface area contributed by atoms with Crippen molar-refractivity contribution >= 4 is 28.4 Å². The number of rotatable bonds is 5. The maximum absolute atomic E-state index is 13.0. The number of amides is 1. The molecule has 8 nitrogen and oxygen atoms in total. The molecule has 30 heavy (non-hydrogen) atoms. The molecular weight excluding hydrogens is 385 g/mol. The molecule has 0 radical (unpaired) electrons. The molecule has 2 heterocycles. The minimum atomic E-state index is -0.922. The van der Waals surface area contributed by atoms with E-state index in [-0.39, 0.29) is 11.9 Å². The Kier molecular flexibility index (Phi) is 4.23. The maximum atomic E-state index is 13.0. The molecule has 0 unspecified atom stereocenters. The van der Waals surface area contributed by atoms with E-state index in [0.717, 1.165) is 27.7 Å². The fourth-order valence-electron chi connectivity index (χ4n) is 3.37. The average Bonchev–Trinajstić information content (AvgIpc) is 3.11. The number of fused-ring (bicyclic) bond motifs is 1. The summed E-state index contributed by atoms with van der Waals surface area (Å²) in [6.45, 7) is 2.02. The van der Waals surface area contributed by atoms with Gasteiger partial charge in [0.05, 0.1) is 17.8 Å². The number of carbonyl (C=O) groups excluding carboxylic acids is 1. The number of hydrogen-bond donors (Lipinski definition) is 3. The molecule has 0 saturated heterocycles. The number of anilines is 2. The first-order valence-electron chi connectivity index (χ1n) is 9.66. The summed E-state index contributed by atoms with van der Waals surface area (Å²) in [7, 11) is 1.81. The van der Waals surface area contributed by atoms with Crippen LogP contribution in [0.5, 0.6) is 0 Å². The third kappa shape index (κ3) is 3.28. The molecule has 1 fully saturated rings. The summed E-state index contributed by atoms with van der Waals surface area (Å²) in [4.78, 5) is 16.7. The van der Waals surface area contributed by atoms with Crippen LogP contribution in [0.15, 0.2) is 42.6 Å². The van der Waals surface area contributed by atoms with Crippen molar-refractivity contribution in [2.24, 2.45) is 7.05 Å². The van der Waals surface area contributed by atoms with Crippen molar-refractivity contribution in [1.29, 1.82) is 0 Å². The number of hydrogen-bond acceptors (Lipinski definition) is 5. The van der Waals surface area contributed by atoms with Crippen LogP contribution in [0.25, 0.3) is 22.3 Å². The van der Waals surface area contributed by atoms with Gasteiger partial charge >= 0.3 is 0 Å². The van der Waals surface area contributed by atoms with Gasteiger partial charge in [-0.2, -0.15) is 10.1 Å². The van der Waals surface area contributed by atoms with Gasteiger partial charge in [-0.1, -0.05) is 12.1 Å². The van der Waals surface area contributed by atoms with Crippen molar-refractivity contribution in [2.45, 2.75) is 25.6 Å². The summed E-state index contributed by atoms with van der Waals surface area (Å²) < 4.78 is 14.6. The number of H-pyrrole nitrogens is 1. The van der Waals surface area contributed by atoms with E-state index in [1.165, 1.54) is 0 Å². The van der Waals surface area contributed by atoms with Gasteiger partial charge in [-0.05, 0) is 36.8 Å². The fraction of sp³-hybridized carbons (Fsp3) is 0.238. The lowest BCUT2D eigenvalue weighted by Crippen LogP contribution is -2.26. The summed E-state index contributed by atoms with van der Waals surface area (Å²) in [6, 6.07) is 10.5. The van der Waals surface area contributed by atoms with E-state index in [4.69, 9.17) is 0 Å². The van der Waals surface area contributed by atoms with E-state index in [0.29, 0.717) is 23.8 Å². The maximum Gasteiger partial charge on any atom is 0.251 e. The highest BCUT2D eigenvalue weighted by molar-refractivity contribution is 5.95. The normalized spacial score (nSPS) is 17.8. The molecule has 2 atom stereocenters. The molecule has 1 saturated carbocycles. The second kappa shape index (κ2) is 6.94. The van der Waals surface area contributed by atoms with E-state index in [1.54, 1.807) is 35.1 Å². The second-order valence-electron chi connectivity index (χ2n) is 7.49. The quantitative estimate of drug-likeness (QED) is 0.473. The molecule has 0 aliphatic heterocycles. The summed E-state index contributed by atoms with van der Waals surface area (Å²) in [5, 5.41) is 18.6. The van der Waals surface area contributed by atoms with Crippen molar-refractivity contribution < 1.29 is 9.18 Å². The lowest BCUT2D eigenvalue weighted by molar-refractivity contribution is 0.0947.